The Morgan fingerprint density at radius 2 is 1.49 bits per heavy atom. The zero-order chi connectivity index (χ0) is 51.5. The highest BCUT2D eigenvalue weighted by molar-refractivity contribution is 6.11. The van der Waals surface area contributed by atoms with Gasteiger partial charge in [-0.25, -0.2) is 13.6 Å². The largest absolute Gasteiger partial charge is 0.508 e. The van der Waals surface area contributed by atoms with Crippen LogP contribution in [0.5, 0.6) is 11.8 Å². The van der Waals surface area contributed by atoms with Crippen molar-refractivity contribution in [3.8, 4) is 35.4 Å². The average Bonchev–Trinajstić information content (AvgIpc) is 3.88. The number of pyridine rings is 1. The van der Waals surface area contributed by atoms with Crippen molar-refractivity contribution in [3.05, 3.63) is 76.3 Å². The Labute approximate surface area is 434 Å². The molecule has 0 saturated carbocycles. The third kappa shape index (κ3) is 9.56. The summed E-state index contributed by atoms with van der Waals surface area (Å²) in [6.07, 6.45) is 18.8. The number of anilines is 2. The van der Waals surface area contributed by atoms with Gasteiger partial charge >= 0.3 is 11.7 Å². The summed E-state index contributed by atoms with van der Waals surface area (Å²) in [6, 6.07) is 12.2. The van der Waals surface area contributed by atoms with Gasteiger partial charge in [0.25, 0.3) is 0 Å². The molecule has 75 heavy (non-hydrogen) atoms. The first-order chi connectivity index (χ1) is 36.5. The van der Waals surface area contributed by atoms with Gasteiger partial charge in [-0.1, -0.05) is 12.0 Å². The fraction of sp³-hybridized carbons (Fsp3) is 0.509. The van der Waals surface area contributed by atoms with Gasteiger partial charge in [-0.05, 0) is 150 Å². The minimum absolute atomic E-state index is 0.0353. The number of phenols is 1. The van der Waals surface area contributed by atoms with E-state index in [1.165, 1.54) is 52.8 Å². The molecule has 2 N–H and O–H groups in total. The maximum atomic E-state index is 17.0. The van der Waals surface area contributed by atoms with Crippen LogP contribution in [0, 0.1) is 41.7 Å². The number of amides is 2. The van der Waals surface area contributed by atoms with Crippen molar-refractivity contribution in [3.63, 3.8) is 0 Å². The van der Waals surface area contributed by atoms with Gasteiger partial charge in [0.15, 0.2) is 5.82 Å². The maximum absolute atomic E-state index is 17.0. The topological polar surface area (TPSA) is 157 Å². The number of aromatic nitrogens is 5. The predicted octanol–water partition coefficient (Wildman–Crippen LogP) is 6.69. The lowest BCUT2D eigenvalue weighted by atomic mass is 9.82. The van der Waals surface area contributed by atoms with Crippen molar-refractivity contribution >= 4 is 56.0 Å². The molecule has 12 rings (SSSR count). The molecule has 0 aliphatic carbocycles. The molecule has 392 valence electrons. The number of phenolic OH excluding ortho intramolecular Hbond substituents is 1. The number of hydrogen-bond acceptors (Lipinski definition) is 13. The molecule has 6 aliphatic heterocycles. The van der Waals surface area contributed by atoms with Gasteiger partial charge in [0.2, 0.25) is 11.8 Å². The van der Waals surface area contributed by atoms with Crippen LogP contribution in [0.1, 0.15) is 82.6 Å². The molecule has 0 radical (unpaired) electrons. The van der Waals surface area contributed by atoms with Gasteiger partial charge in [0.1, 0.15) is 35.2 Å². The summed E-state index contributed by atoms with van der Waals surface area (Å²) in [4.78, 5) is 62.5. The van der Waals surface area contributed by atoms with Crippen LogP contribution in [0.4, 0.5) is 20.3 Å². The fourth-order valence-corrected chi connectivity index (χ4v) is 13.2. The lowest BCUT2D eigenvalue weighted by Gasteiger charge is -2.39. The number of imidazole rings is 1. The molecule has 3 aromatic heterocycles. The Bertz CT molecular complexity index is 3270. The molecular weight excluding hydrogens is 957 g/mol. The molecule has 2 atom stereocenters. The van der Waals surface area contributed by atoms with Gasteiger partial charge in [0, 0.05) is 94.1 Å². The molecule has 2 unspecified atom stereocenters. The van der Waals surface area contributed by atoms with Crippen LogP contribution in [-0.2, 0) is 16.6 Å². The normalized spacial score (nSPS) is 21.8. The van der Waals surface area contributed by atoms with E-state index in [2.05, 4.69) is 40.8 Å². The number of imide groups is 1. The van der Waals surface area contributed by atoms with E-state index in [1.54, 1.807) is 13.2 Å². The Balaban J connectivity index is 0.627. The number of likely N-dealkylation sites (tertiary alicyclic amines) is 2. The first kappa shape index (κ1) is 49.2. The minimum atomic E-state index is -0.728. The number of piperidine rings is 4. The standard InChI is InChI=1S/C57H65F2N11O5/c1-3-43-46(58)11-7-38-28-42(71)30-44(51(38)43)53-52(59)54-45(31-60-53)55(68-33-39-8-9-40(34-68)61-39)63-56(62-54)75-26-25-65-19-13-35(14-20-65)27-36-15-21-66(22-16-36)32-37-17-23-67(24-18-37)41-10-12-47-48(29-41)64(2)57(74)69(47)70-49(72)5-4-6-50(70)73/h1,7,10-12,28-31,35-37,39-40,61,71H,4-6,8-9,13-27,32-34H2,2H3. The van der Waals surface area contributed by atoms with E-state index < -0.39 is 11.6 Å². The number of hydrogen-bond donors (Lipinski definition) is 2. The number of piperazine rings is 1. The lowest BCUT2D eigenvalue weighted by Crippen LogP contribution is -2.52. The van der Waals surface area contributed by atoms with Crippen LogP contribution in [0.3, 0.4) is 0 Å². The van der Waals surface area contributed by atoms with E-state index >= 15 is 8.78 Å². The van der Waals surface area contributed by atoms with Crippen LogP contribution in [0.25, 0.3) is 44.0 Å². The Morgan fingerprint density at radius 3 is 2.20 bits per heavy atom. The van der Waals surface area contributed by atoms with E-state index in [0.29, 0.717) is 84.2 Å². The molecule has 18 heteroatoms. The van der Waals surface area contributed by atoms with Crippen molar-refractivity contribution in [1.82, 2.24) is 39.3 Å². The van der Waals surface area contributed by atoms with Gasteiger partial charge < -0.3 is 29.9 Å². The smallest absolute Gasteiger partial charge is 0.348 e. The third-order valence-corrected chi connectivity index (χ3v) is 17.3. The maximum Gasteiger partial charge on any atom is 0.348 e. The number of carbonyl (C=O) groups excluding carboxylic acids is 2. The van der Waals surface area contributed by atoms with Crippen molar-refractivity contribution in [1.29, 1.82) is 0 Å². The van der Waals surface area contributed by atoms with Gasteiger partial charge in [-0.15, -0.1) is 6.42 Å². The van der Waals surface area contributed by atoms with E-state index in [4.69, 9.17) is 16.1 Å². The van der Waals surface area contributed by atoms with Crippen LogP contribution in [0.2, 0.25) is 0 Å². The SMILES string of the molecule is C#Cc1c(F)ccc2cc(O)cc(-c3ncc4c(N5CC6CCC(C5)N6)nc(OCCN5CCC(CC6CCN(CC7CCN(c8ccc9c(c8)n(C)c(=O)n9N8C(=O)CCCC8=O)CC7)CC6)CC5)nc4c3F)c12. The first-order valence-electron chi connectivity index (χ1n) is 27.2. The summed E-state index contributed by atoms with van der Waals surface area (Å²) >= 11 is 0. The number of rotatable bonds is 12. The summed E-state index contributed by atoms with van der Waals surface area (Å²) < 4.78 is 41.1. The van der Waals surface area contributed by atoms with Gasteiger partial charge in [-0.3, -0.25) is 24.0 Å². The number of halogens is 2. The average molecular weight is 1020 g/mol. The number of ether oxygens (including phenoxy) is 1. The number of fused-ring (bicyclic) bond motifs is 5. The van der Waals surface area contributed by atoms with Crippen LogP contribution in [0.15, 0.2) is 53.5 Å². The molecule has 2 amide bonds. The predicted molar refractivity (Wildman–Crippen MR) is 285 cm³/mol. The lowest BCUT2D eigenvalue weighted by molar-refractivity contribution is -0.131. The molecule has 6 aliphatic rings. The first-order valence-corrected chi connectivity index (χ1v) is 27.2. The Hall–Kier alpha value is -6.68. The van der Waals surface area contributed by atoms with Crippen molar-refractivity contribution < 1.29 is 28.2 Å². The second-order valence-electron chi connectivity index (χ2n) is 22.0. The van der Waals surface area contributed by atoms with Crippen molar-refractivity contribution in [2.45, 2.75) is 89.1 Å². The third-order valence-electron chi connectivity index (χ3n) is 17.3. The number of benzene rings is 3. The summed E-state index contributed by atoms with van der Waals surface area (Å²) in [6.45, 7) is 9.81. The molecule has 2 bridgehead atoms. The highest BCUT2D eigenvalue weighted by Gasteiger charge is 2.36. The zero-order valence-electron chi connectivity index (χ0n) is 42.7. The summed E-state index contributed by atoms with van der Waals surface area (Å²) in [5.41, 5.74) is 2.02. The quantitative estimate of drug-likeness (QED) is 0.0989. The second-order valence-corrected chi connectivity index (χ2v) is 22.0. The summed E-state index contributed by atoms with van der Waals surface area (Å²) in [5.74, 6) is 2.94. The molecule has 6 saturated heterocycles. The molecule has 6 aromatic rings. The Kier molecular flexibility index (Phi) is 13.4. The van der Waals surface area contributed by atoms with E-state index in [1.807, 2.05) is 18.2 Å². The van der Waals surface area contributed by atoms with Gasteiger partial charge in [0.05, 0.1) is 22.0 Å². The summed E-state index contributed by atoms with van der Waals surface area (Å²) in [5, 5.41) is 16.6. The van der Waals surface area contributed by atoms with E-state index in [0.717, 1.165) is 101 Å². The second kappa shape index (κ2) is 20.5. The van der Waals surface area contributed by atoms with Crippen LogP contribution < -0.4 is 30.6 Å². The summed E-state index contributed by atoms with van der Waals surface area (Å²) in [7, 11) is 1.70. The van der Waals surface area contributed by atoms with E-state index in [-0.39, 0.29) is 69.8 Å². The molecule has 16 nitrogen and oxygen atoms in total. The molecule has 6 fully saturated rings. The zero-order valence-corrected chi connectivity index (χ0v) is 42.7. The number of nitrogens with zero attached hydrogens (tertiary/aromatic N) is 10. The van der Waals surface area contributed by atoms with Gasteiger partial charge in [-0.2, -0.15) is 19.7 Å². The number of carbonyl (C=O) groups is 2. The number of nitrogens with one attached hydrogen (secondary N) is 1. The monoisotopic (exact) mass is 1020 g/mol. The van der Waals surface area contributed by atoms with Crippen molar-refractivity contribution in [2.24, 2.45) is 24.8 Å². The molecule has 3 aromatic carbocycles. The van der Waals surface area contributed by atoms with E-state index in [9.17, 15) is 19.5 Å². The molecular formula is C57H65F2N11O5. The fourth-order valence-electron chi connectivity index (χ4n) is 13.2. The van der Waals surface area contributed by atoms with Crippen molar-refractivity contribution in [2.75, 3.05) is 86.9 Å². The minimum Gasteiger partial charge on any atom is -0.508 e. The number of terminal acetylenes is 1. The number of aromatic hydroxyl groups is 1. The van der Waals surface area contributed by atoms with Crippen LogP contribution in [-0.4, -0.2) is 135 Å². The molecule has 9 heterocycles. The molecule has 0 spiro atoms. The highest BCUT2D eigenvalue weighted by atomic mass is 19.1. The highest BCUT2D eigenvalue weighted by Crippen LogP contribution is 2.40. The Morgan fingerprint density at radius 1 is 0.800 bits per heavy atom. The van der Waals surface area contributed by atoms with Crippen LogP contribution >= 0.6 is 0 Å². The number of aryl methyl sites for hydroxylation is 1.